The number of nitrogens with one attached hydrogen (secondary N) is 1. The van der Waals surface area contributed by atoms with Crippen LogP contribution >= 0.6 is 0 Å². The highest BCUT2D eigenvalue weighted by Gasteiger charge is 2.29. The van der Waals surface area contributed by atoms with Crippen LogP contribution in [0.25, 0.3) is 0 Å². The second kappa shape index (κ2) is 5.36. The lowest BCUT2D eigenvalue weighted by Crippen LogP contribution is -2.37. The molecular weight excluding hydrogens is 218 g/mol. The van der Waals surface area contributed by atoms with Crippen LogP contribution in [0.5, 0.6) is 0 Å². The Morgan fingerprint density at radius 2 is 2.18 bits per heavy atom. The molecule has 0 bridgehead atoms. The van der Waals surface area contributed by atoms with Crippen molar-refractivity contribution in [1.82, 2.24) is 5.32 Å². The number of methoxy groups -OCH3 is 1. The Morgan fingerprint density at radius 1 is 1.53 bits per heavy atom. The number of carbonyl (C=O) groups is 1. The van der Waals surface area contributed by atoms with Gasteiger partial charge in [0.1, 0.15) is 11.5 Å². The van der Waals surface area contributed by atoms with Gasteiger partial charge in [-0.3, -0.25) is 4.79 Å². The molecule has 0 saturated carbocycles. The molecule has 4 heteroatoms. The van der Waals surface area contributed by atoms with E-state index in [1.165, 1.54) is 7.11 Å². The van der Waals surface area contributed by atoms with E-state index in [9.17, 15) is 4.79 Å². The number of esters is 1. The topological polar surface area (TPSA) is 51.5 Å². The third kappa shape index (κ3) is 3.60. The van der Waals surface area contributed by atoms with Gasteiger partial charge in [0.2, 0.25) is 0 Å². The maximum Gasteiger partial charge on any atom is 0.312 e. The van der Waals surface area contributed by atoms with E-state index in [4.69, 9.17) is 9.15 Å². The van der Waals surface area contributed by atoms with E-state index in [1.54, 1.807) is 0 Å². The average molecular weight is 239 g/mol. The first-order valence-corrected chi connectivity index (χ1v) is 5.75. The SMILES string of the molecule is COC(=O)C(C)(C)CNC(C)c1ccc(C)o1. The number of rotatable bonds is 5. The molecule has 0 fully saturated rings. The summed E-state index contributed by atoms with van der Waals surface area (Å²) in [7, 11) is 1.41. The quantitative estimate of drug-likeness (QED) is 0.802. The number of hydrogen-bond acceptors (Lipinski definition) is 4. The van der Waals surface area contributed by atoms with E-state index in [0.717, 1.165) is 11.5 Å². The van der Waals surface area contributed by atoms with Crippen LogP contribution in [0.1, 0.15) is 38.3 Å². The van der Waals surface area contributed by atoms with Crippen molar-refractivity contribution in [3.8, 4) is 0 Å². The molecule has 1 aromatic rings. The van der Waals surface area contributed by atoms with Gasteiger partial charge in [-0.2, -0.15) is 0 Å². The van der Waals surface area contributed by atoms with Gasteiger partial charge in [-0.05, 0) is 39.8 Å². The molecule has 1 unspecified atom stereocenters. The summed E-state index contributed by atoms with van der Waals surface area (Å²) in [5.41, 5.74) is -0.537. The minimum Gasteiger partial charge on any atom is -0.469 e. The smallest absolute Gasteiger partial charge is 0.312 e. The molecule has 0 aliphatic carbocycles. The summed E-state index contributed by atoms with van der Waals surface area (Å²) in [6.45, 7) is 8.17. The highest BCUT2D eigenvalue weighted by atomic mass is 16.5. The third-order valence-corrected chi connectivity index (χ3v) is 2.78. The average Bonchev–Trinajstić information content (AvgIpc) is 2.71. The first kappa shape index (κ1) is 13.8. The van der Waals surface area contributed by atoms with E-state index in [-0.39, 0.29) is 12.0 Å². The summed E-state index contributed by atoms with van der Waals surface area (Å²) in [4.78, 5) is 11.5. The van der Waals surface area contributed by atoms with Crippen LogP contribution in [-0.2, 0) is 9.53 Å². The van der Waals surface area contributed by atoms with Crippen molar-refractivity contribution in [2.45, 2.75) is 33.7 Å². The molecule has 1 atom stereocenters. The van der Waals surface area contributed by atoms with Crippen LogP contribution in [0.4, 0.5) is 0 Å². The summed E-state index contributed by atoms with van der Waals surface area (Å²) < 4.78 is 10.3. The normalized spacial score (nSPS) is 13.5. The fraction of sp³-hybridized carbons (Fsp3) is 0.615. The number of furan rings is 1. The van der Waals surface area contributed by atoms with E-state index in [0.29, 0.717) is 6.54 Å². The van der Waals surface area contributed by atoms with Gasteiger partial charge < -0.3 is 14.5 Å². The van der Waals surface area contributed by atoms with Crippen molar-refractivity contribution in [1.29, 1.82) is 0 Å². The van der Waals surface area contributed by atoms with Crippen LogP contribution < -0.4 is 5.32 Å². The van der Waals surface area contributed by atoms with Crippen LogP contribution in [-0.4, -0.2) is 19.6 Å². The molecule has 0 radical (unpaired) electrons. The third-order valence-electron chi connectivity index (χ3n) is 2.78. The molecule has 0 aromatic carbocycles. The van der Waals surface area contributed by atoms with Crippen molar-refractivity contribution in [3.63, 3.8) is 0 Å². The standard InChI is InChI=1S/C13H21NO3/c1-9-6-7-11(17-9)10(2)14-8-13(3,4)12(15)16-5/h6-7,10,14H,8H2,1-5H3. The van der Waals surface area contributed by atoms with E-state index >= 15 is 0 Å². The first-order chi connectivity index (χ1) is 7.86. The summed E-state index contributed by atoms with van der Waals surface area (Å²) in [6.07, 6.45) is 0. The first-order valence-electron chi connectivity index (χ1n) is 5.75. The van der Waals surface area contributed by atoms with Gasteiger partial charge in [0.15, 0.2) is 0 Å². The molecule has 0 saturated heterocycles. The van der Waals surface area contributed by atoms with Gasteiger partial charge in [-0.1, -0.05) is 0 Å². The van der Waals surface area contributed by atoms with Crippen molar-refractivity contribution >= 4 is 5.97 Å². The Bertz CT molecular complexity index is 382. The maximum absolute atomic E-state index is 11.5. The lowest BCUT2D eigenvalue weighted by molar-refractivity contribution is -0.150. The lowest BCUT2D eigenvalue weighted by atomic mass is 9.93. The Morgan fingerprint density at radius 3 is 2.65 bits per heavy atom. The van der Waals surface area contributed by atoms with Crippen LogP contribution in [0.2, 0.25) is 0 Å². The Balaban J connectivity index is 2.53. The zero-order valence-electron chi connectivity index (χ0n) is 11.2. The highest BCUT2D eigenvalue weighted by molar-refractivity contribution is 5.76. The number of aryl methyl sites for hydroxylation is 1. The lowest BCUT2D eigenvalue weighted by Gasteiger charge is -2.23. The van der Waals surface area contributed by atoms with Crippen molar-refractivity contribution in [2.24, 2.45) is 5.41 Å². The Hall–Kier alpha value is -1.29. The molecular formula is C13H21NO3. The number of ether oxygens (including phenoxy) is 1. The Labute approximate surface area is 102 Å². The molecule has 1 heterocycles. The molecule has 96 valence electrons. The zero-order valence-corrected chi connectivity index (χ0v) is 11.2. The van der Waals surface area contributed by atoms with Crippen LogP contribution in [0.15, 0.2) is 16.5 Å². The van der Waals surface area contributed by atoms with Crippen molar-refractivity contribution in [3.05, 3.63) is 23.7 Å². The number of hydrogen-bond donors (Lipinski definition) is 1. The summed E-state index contributed by atoms with van der Waals surface area (Å²) >= 11 is 0. The molecule has 4 nitrogen and oxygen atoms in total. The second-order valence-electron chi connectivity index (χ2n) is 4.93. The largest absolute Gasteiger partial charge is 0.469 e. The fourth-order valence-corrected chi connectivity index (χ4v) is 1.54. The van der Waals surface area contributed by atoms with Gasteiger partial charge in [0, 0.05) is 6.54 Å². The monoisotopic (exact) mass is 239 g/mol. The summed E-state index contributed by atoms with van der Waals surface area (Å²) in [5.74, 6) is 1.55. The minimum atomic E-state index is -0.537. The van der Waals surface area contributed by atoms with E-state index < -0.39 is 5.41 Å². The van der Waals surface area contributed by atoms with Gasteiger partial charge in [0.05, 0.1) is 18.6 Å². The summed E-state index contributed by atoms with van der Waals surface area (Å²) in [6, 6.07) is 3.95. The van der Waals surface area contributed by atoms with Crippen LogP contribution in [0.3, 0.4) is 0 Å². The van der Waals surface area contributed by atoms with E-state index in [2.05, 4.69) is 5.32 Å². The predicted molar refractivity (Wildman–Crippen MR) is 65.7 cm³/mol. The highest BCUT2D eigenvalue weighted by Crippen LogP contribution is 2.20. The molecule has 0 amide bonds. The molecule has 1 rings (SSSR count). The minimum absolute atomic E-state index is 0.0765. The fourth-order valence-electron chi connectivity index (χ4n) is 1.54. The second-order valence-corrected chi connectivity index (χ2v) is 4.93. The zero-order chi connectivity index (χ0) is 13.1. The van der Waals surface area contributed by atoms with Gasteiger partial charge in [0.25, 0.3) is 0 Å². The molecule has 1 aromatic heterocycles. The predicted octanol–water partition coefficient (Wildman–Crippen LogP) is 2.44. The molecule has 1 N–H and O–H groups in total. The van der Waals surface area contributed by atoms with Crippen molar-refractivity contribution < 1.29 is 13.9 Å². The number of carbonyl (C=O) groups excluding carboxylic acids is 1. The van der Waals surface area contributed by atoms with Gasteiger partial charge in [-0.25, -0.2) is 0 Å². The van der Waals surface area contributed by atoms with Gasteiger partial charge >= 0.3 is 5.97 Å². The van der Waals surface area contributed by atoms with Crippen molar-refractivity contribution in [2.75, 3.05) is 13.7 Å². The van der Waals surface area contributed by atoms with Gasteiger partial charge in [-0.15, -0.1) is 0 Å². The Kier molecular flexibility index (Phi) is 4.34. The van der Waals surface area contributed by atoms with Crippen LogP contribution in [0, 0.1) is 12.3 Å². The molecule has 0 aliphatic heterocycles. The summed E-state index contributed by atoms with van der Waals surface area (Å²) in [5, 5.41) is 3.27. The van der Waals surface area contributed by atoms with E-state index in [1.807, 2.05) is 39.8 Å². The molecule has 17 heavy (non-hydrogen) atoms. The molecule has 0 spiro atoms. The molecule has 0 aliphatic rings. The maximum atomic E-state index is 11.5.